The van der Waals surface area contributed by atoms with Gasteiger partial charge in [-0.15, -0.1) is 0 Å². The highest BCUT2D eigenvalue weighted by Gasteiger charge is 2.23. The quantitative estimate of drug-likeness (QED) is 0.434. The molecule has 142 valence electrons. The molecule has 0 aliphatic heterocycles. The molecule has 1 atom stereocenters. The monoisotopic (exact) mass is 412 g/mol. The van der Waals surface area contributed by atoms with E-state index in [0.29, 0.717) is 5.02 Å². The van der Waals surface area contributed by atoms with Gasteiger partial charge < -0.3 is 14.8 Å². The molecule has 2 aromatic rings. The average molecular weight is 413 g/mol. The van der Waals surface area contributed by atoms with Gasteiger partial charge in [-0.3, -0.25) is 14.9 Å². The van der Waals surface area contributed by atoms with Crippen molar-refractivity contribution in [1.82, 2.24) is 0 Å². The van der Waals surface area contributed by atoms with Crippen LogP contribution in [0.15, 0.2) is 36.4 Å². The summed E-state index contributed by atoms with van der Waals surface area (Å²) in [5.41, 5.74) is -0.210. The number of ether oxygens (including phenoxy) is 2. The van der Waals surface area contributed by atoms with E-state index in [-0.39, 0.29) is 22.0 Å². The molecule has 10 heteroatoms. The first-order valence-corrected chi connectivity index (χ1v) is 8.28. The van der Waals surface area contributed by atoms with Gasteiger partial charge in [0.15, 0.2) is 11.9 Å². The molecular weight excluding hydrogens is 399 g/mol. The molecule has 2 aromatic carbocycles. The second-order valence-corrected chi connectivity index (χ2v) is 6.15. The fourth-order valence-corrected chi connectivity index (χ4v) is 2.41. The summed E-state index contributed by atoms with van der Waals surface area (Å²) in [7, 11) is 1.16. The second-order valence-electron chi connectivity index (χ2n) is 5.30. The lowest BCUT2D eigenvalue weighted by Crippen LogP contribution is -2.30. The topological polar surface area (TPSA) is 108 Å². The van der Waals surface area contributed by atoms with Crippen molar-refractivity contribution >= 4 is 46.5 Å². The lowest BCUT2D eigenvalue weighted by Gasteiger charge is -2.15. The first kappa shape index (κ1) is 20.5. The fourth-order valence-electron chi connectivity index (χ4n) is 2.08. The van der Waals surface area contributed by atoms with Gasteiger partial charge in [-0.1, -0.05) is 23.2 Å². The Balaban J connectivity index is 2.20. The minimum Gasteiger partial charge on any atom is -0.474 e. The van der Waals surface area contributed by atoms with Gasteiger partial charge in [0.05, 0.1) is 28.3 Å². The van der Waals surface area contributed by atoms with Crippen LogP contribution in [-0.4, -0.2) is 30.0 Å². The molecule has 2 rings (SSSR count). The molecule has 1 N–H and O–H groups in total. The SMILES string of the molecule is COC(=O)c1ccc(O[C@@H](C)C(=O)Nc2cc(Cl)ccc2Cl)c([N+](=O)[O-])c1. The number of carbonyl (C=O) groups excluding carboxylic acids is 2. The molecule has 0 aromatic heterocycles. The number of nitrogens with zero attached hydrogens (tertiary/aromatic N) is 1. The smallest absolute Gasteiger partial charge is 0.338 e. The van der Waals surface area contributed by atoms with Crippen molar-refractivity contribution in [2.75, 3.05) is 12.4 Å². The normalized spacial score (nSPS) is 11.4. The number of methoxy groups -OCH3 is 1. The molecule has 1 amide bonds. The minimum atomic E-state index is -1.09. The standard InChI is InChI=1S/C17H14Cl2N2O6/c1-9(16(22)20-13-8-11(18)4-5-12(13)19)27-15-6-3-10(17(23)26-2)7-14(15)21(24)25/h3-9H,1-2H3,(H,20,22)/t9-/m0/s1. The van der Waals surface area contributed by atoms with Crippen molar-refractivity contribution < 1.29 is 24.0 Å². The predicted octanol–water partition coefficient (Wildman–Crippen LogP) is 4.09. The Morgan fingerprint density at radius 1 is 1.19 bits per heavy atom. The van der Waals surface area contributed by atoms with Crippen LogP contribution in [0.25, 0.3) is 0 Å². The van der Waals surface area contributed by atoms with Crippen LogP contribution in [0.4, 0.5) is 11.4 Å². The summed E-state index contributed by atoms with van der Waals surface area (Å²) in [5, 5.41) is 14.4. The van der Waals surface area contributed by atoms with Gasteiger partial charge in [-0.25, -0.2) is 4.79 Å². The van der Waals surface area contributed by atoms with E-state index in [1.807, 2.05) is 0 Å². The van der Waals surface area contributed by atoms with Crippen molar-refractivity contribution in [2.45, 2.75) is 13.0 Å². The first-order valence-electron chi connectivity index (χ1n) is 7.52. The van der Waals surface area contributed by atoms with Gasteiger partial charge in [0, 0.05) is 11.1 Å². The Kier molecular flexibility index (Phi) is 6.59. The number of nitro groups is 1. The lowest BCUT2D eigenvalue weighted by atomic mass is 10.2. The second kappa shape index (κ2) is 8.70. The molecule has 0 aliphatic carbocycles. The summed E-state index contributed by atoms with van der Waals surface area (Å²) in [6.07, 6.45) is -1.09. The van der Waals surface area contributed by atoms with E-state index >= 15 is 0 Å². The Hall–Kier alpha value is -2.84. The summed E-state index contributed by atoms with van der Waals surface area (Å²) in [6.45, 7) is 1.41. The highest BCUT2D eigenvalue weighted by atomic mass is 35.5. The molecule has 0 spiro atoms. The van der Waals surface area contributed by atoms with Crippen LogP contribution >= 0.6 is 23.2 Å². The Labute approximate surface area is 164 Å². The number of esters is 1. The third kappa shape index (κ3) is 5.08. The third-order valence-corrected chi connectivity index (χ3v) is 4.00. The van der Waals surface area contributed by atoms with Crippen LogP contribution in [0.5, 0.6) is 5.75 Å². The van der Waals surface area contributed by atoms with Gasteiger partial charge >= 0.3 is 11.7 Å². The van der Waals surface area contributed by atoms with Crippen molar-refractivity contribution in [3.05, 3.63) is 62.1 Å². The number of carbonyl (C=O) groups is 2. The van der Waals surface area contributed by atoms with Crippen LogP contribution in [-0.2, 0) is 9.53 Å². The molecule has 8 nitrogen and oxygen atoms in total. The van der Waals surface area contributed by atoms with E-state index in [9.17, 15) is 19.7 Å². The average Bonchev–Trinajstić information content (AvgIpc) is 2.64. The molecule has 0 bridgehead atoms. The molecular formula is C17H14Cl2N2O6. The summed E-state index contributed by atoms with van der Waals surface area (Å²) in [6, 6.07) is 8.07. The zero-order chi connectivity index (χ0) is 20.1. The Morgan fingerprint density at radius 3 is 2.52 bits per heavy atom. The molecule has 0 heterocycles. The molecule has 0 saturated heterocycles. The molecule has 0 aliphatic rings. The maximum absolute atomic E-state index is 12.3. The number of nitro benzene ring substituents is 1. The number of rotatable bonds is 6. The summed E-state index contributed by atoms with van der Waals surface area (Å²) in [5.74, 6) is -1.50. The fraction of sp³-hybridized carbons (Fsp3) is 0.176. The van der Waals surface area contributed by atoms with Crippen LogP contribution in [0.2, 0.25) is 10.0 Å². The number of amides is 1. The van der Waals surface area contributed by atoms with Crippen molar-refractivity contribution in [2.24, 2.45) is 0 Å². The van der Waals surface area contributed by atoms with Gasteiger partial charge in [-0.2, -0.15) is 0 Å². The van der Waals surface area contributed by atoms with Crippen LogP contribution in [0, 0.1) is 10.1 Å². The van der Waals surface area contributed by atoms with Gasteiger partial charge in [-0.05, 0) is 37.3 Å². The van der Waals surface area contributed by atoms with E-state index in [1.165, 1.54) is 31.2 Å². The van der Waals surface area contributed by atoms with Crippen LogP contribution in [0.1, 0.15) is 17.3 Å². The Bertz CT molecular complexity index is 903. The summed E-state index contributed by atoms with van der Waals surface area (Å²) >= 11 is 11.8. The number of nitrogens with one attached hydrogen (secondary N) is 1. The highest BCUT2D eigenvalue weighted by Crippen LogP contribution is 2.30. The van der Waals surface area contributed by atoms with Gasteiger partial charge in [0.2, 0.25) is 0 Å². The molecule has 0 fully saturated rings. The number of hydrogen-bond acceptors (Lipinski definition) is 6. The Morgan fingerprint density at radius 2 is 1.89 bits per heavy atom. The largest absolute Gasteiger partial charge is 0.474 e. The van der Waals surface area contributed by atoms with E-state index in [0.717, 1.165) is 13.2 Å². The van der Waals surface area contributed by atoms with Crippen LogP contribution in [0.3, 0.4) is 0 Å². The molecule has 27 heavy (non-hydrogen) atoms. The number of halogens is 2. The third-order valence-electron chi connectivity index (χ3n) is 3.44. The van der Waals surface area contributed by atoms with Crippen molar-refractivity contribution in [3.8, 4) is 5.75 Å². The maximum Gasteiger partial charge on any atom is 0.338 e. The van der Waals surface area contributed by atoms with Gasteiger partial charge in [0.1, 0.15) is 0 Å². The first-order chi connectivity index (χ1) is 12.7. The van der Waals surface area contributed by atoms with Crippen molar-refractivity contribution in [3.63, 3.8) is 0 Å². The predicted molar refractivity (Wildman–Crippen MR) is 99.6 cm³/mol. The molecule has 0 radical (unpaired) electrons. The van der Waals surface area contributed by atoms with Gasteiger partial charge in [0.25, 0.3) is 5.91 Å². The summed E-state index contributed by atoms with van der Waals surface area (Å²) < 4.78 is 9.93. The highest BCUT2D eigenvalue weighted by molar-refractivity contribution is 6.35. The zero-order valence-electron chi connectivity index (χ0n) is 14.2. The van der Waals surface area contributed by atoms with E-state index in [1.54, 1.807) is 6.07 Å². The van der Waals surface area contributed by atoms with E-state index in [2.05, 4.69) is 10.1 Å². The summed E-state index contributed by atoms with van der Waals surface area (Å²) in [4.78, 5) is 34.3. The number of benzene rings is 2. The maximum atomic E-state index is 12.3. The minimum absolute atomic E-state index is 0.0145. The van der Waals surface area contributed by atoms with Crippen molar-refractivity contribution in [1.29, 1.82) is 0 Å². The van der Waals surface area contributed by atoms with Crippen LogP contribution < -0.4 is 10.1 Å². The van der Waals surface area contributed by atoms with E-state index in [4.69, 9.17) is 27.9 Å². The molecule has 0 saturated carbocycles. The number of anilines is 1. The van der Waals surface area contributed by atoms with E-state index < -0.39 is 28.6 Å². The number of hydrogen-bond donors (Lipinski definition) is 1. The zero-order valence-corrected chi connectivity index (χ0v) is 15.7. The molecule has 0 unspecified atom stereocenters. The lowest BCUT2D eigenvalue weighted by molar-refractivity contribution is -0.386.